The van der Waals surface area contributed by atoms with Crippen molar-refractivity contribution in [2.24, 2.45) is 11.8 Å². The van der Waals surface area contributed by atoms with Crippen LogP contribution in [0.15, 0.2) is 122 Å². The molecule has 4 aliphatic rings. The molecule has 2 unspecified atom stereocenters. The highest BCUT2D eigenvalue weighted by atomic mass is 16.7. The number of H-pyrrole nitrogens is 4. The maximum atomic E-state index is 13.9. The summed E-state index contributed by atoms with van der Waals surface area (Å²) in [7, 11) is 0. The minimum absolute atomic E-state index is 0.308. The quantitative estimate of drug-likeness (QED) is 0.0329. The van der Waals surface area contributed by atoms with Gasteiger partial charge in [0.25, 0.3) is 0 Å². The molecule has 0 radical (unpaired) electrons. The zero-order chi connectivity index (χ0) is 48.4. The van der Waals surface area contributed by atoms with Gasteiger partial charge in [-0.15, -0.1) is 0 Å². The number of esters is 2. The van der Waals surface area contributed by atoms with E-state index < -0.39 is 24.5 Å². The van der Waals surface area contributed by atoms with E-state index in [2.05, 4.69) is 78.5 Å². The molecule has 0 spiro atoms. The lowest BCUT2D eigenvalue weighted by Crippen LogP contribution is -2.38. The molecule has 12 rings (SSSR count). The van der Waals surface area contributed by atoms with E-state index in [0.717, 1.165) is 94.3 Å². The van der Waals surface area contributed by atoms with E-state index in [1.807, 2.05) is 73.1 Å². The maximum absolute atomic E-state index is 13.9. The normalized spacial score (nSPS) is 17.4. The monoisotopic (exact) mass is 968 g/mol. The Labute approximate surface area is 417 Å². The zero-order valence-corrected chi connectivity index (χ0v) is 40.3. The van der Waals surface area contributed by atoms with Gasteiger partial charge in [-0.25, -0.2) is 9.59 Å². The van der Waals surface area contributed by atoms with Crippen LogP contribution in [0.25, 0.3) is 54.8 Å². The van der Waals surface area contributed by atoms with Crippen molar-refractivity contribution >= 4 is 66.7 Å². The van der Waals surface area contributed by atoms with Crippen molar-refractivity contribution in [1.82, 2.24) is 29.7 Å². The van der Waals surface area contributed by atoms with E-state index in [0.29, 0.717) is 62.4 Å². The zero-order valence-electron chi connectivity index (χ0n) is 40.3. The first kappa shape index (κ1) is 45.7. The van der Waals surface area contributed by atoms with Crippen LogP contribution < -0.4 is 18.9 Å². The van der Waals surface area contributed by atoms with Crippen LogP contribution in [0.3, 0.4) is 0 Å². The number of carbonyl (C=O) groups excluding carboxylic acids is 2. The first-order chi connectivity index (χ1) is 35.5. The highest BCUT2D eigenvalue weighted by molar-refractivity contribution is 6.29. The molecule has 72 heavy (non-hydrogen) atoms. The number of hydrogen-bond acceptors (Lipinski definition) is 10. The van der Waals surface area contributed by atoms with E-state index in [1.165, 1.54) is 48.0 Å². The maximum Gasteiger partial charge on any atom is 0.420 e. The van der Waals surface area contributed by atoms with Gasteiger partial charge in [0.15, 0.2) is 0 Å². The summed E-state index contributed by atoms with van der Waals surface area (Å²) >= 11 is 0. The highest BCUT2D eigenvalue weighted by Crippen LogP contribution is 2.39. The SMILES string of the molecule is O=C(OC(CCN1CC=C(c2c[nH]c3cccc(OCC4CC4)c23)CC1)Oc1cccc2[nH]ccc12)C(=O)OC(CCN1CC=C(c2c[nH]c3cccc(OCC4CC4)c23)CC1)Oc1cccc2[nH]ccc12. The number of hydrogen-bond donors (Lipinski definition) is 4. The van der Waals surface area contributed by atoms with Gasteiger partial charge in [0, 0.05) is 132 Å². The van der Waals surface area contributed by atoms with Gasteiger partial charge in [-0.05, 0) is 122 Å². The number of nitrogens with one attached hydrogen (secondary N) is 4. The summed E-state index contributed by atoms with van der Waals surface area (Å²) in [5, 5.41) is 3.92. The summed E-state index contributed by atoms with van der Waals surface area (Å²) in [5.74, 6) is 1.93. The smallest absolute Gasteiger partial charge is 0.420 e. The van der Waals surface area contributed by atoms with Crippen LogP contribution in [0.4, 0.5) is 0 Å². The Morgan fingerprint density at radius 2 is 0.958 bits per heavy atom. The Bertz CT molecular complexity index is 3080. The van der Waals surface area contributed by atoms with Crippen molar-refractivity contribution < 1.29 is 38.0 Å². The Morgan fingerprint density at radius 3 is 1.38 bits per heavy atom. The summed E-state index contributed by atoms with van der Waals surface area (Å²) in [6.45, 7) is 5.59. The molecule has 4 aromatic carbocycles. The molecule has 0 bridgehead atoms. The molecule has 14 nitrogen and oxygen atoms in total. The van der Waals surface area contributed by atoms with Crippen molar-refractivity contribution in [3.05, 3.63) is 133 Å². The van der Waals surface area contributed by atoms with Gasteiger partial charge in [0.05, 0.1) is 13.2 Å². The third-order valence-corrected chi connectivity index (χ3v) is 14.6. The second kappa shape index (κ2) is 20.4. The first-order valence-electron chi connectivity index (χ1n) is 25.6. The minimum atomic E-state index is -1.15. The fraction of sp³-hybridized carbons (Fsp3) is 0.345. The van der Waals surface area contributed by atoms with Crippen molar-refractivity contribution in [2.75, 3.05) is 52.5 Å². The number of aromatic nitrogens is 4. The predicted molar refractivity (Wildman–Crippen MR) is 278 cm³/mol. The van der Waals surface area contributed by atoms with Crippen LogP contribution in [-0.2, 0) is 19.1 Å². The lowest BCUT2D eigenvalue weighted by Gasteiger charge is -2.29. The molecule has 6 heterocycles. The number of fused-ring (bicyclic) bond motifs is 4. The van der Waals surface area contributed by atoms with Gasteiger partial charge in [-0.2, -0.15) is 0 Å². The molecule has 0 saturated heterocycles. The third-order valence-electron chi connectivity index (χ3n) is 14.6. The number of benzene rings is 4. The fourth-order valence-corrected chi connectivity index (χ4v) is 10.1. The molecule has 14 heteroatoms. The minimum Gasteiger partial charge on any atom is -0.493 e. The molecular weight excluding hydrogens is 909 g/mol. The van der Waals surface area contributed by atoms with E-state index in [9.17, 15) is 9.59 Å². The summed E-state index contributed by atoms with van der Waals surface area (Å²) in [4.78, 5) is 45.8. The fourth-order valence-electron chi connectivity index (χ4n) is 10.1. The second-order valence-electron chi connectivity index (χ2n) is 19.7. The Balaban J connectivity index is 0.719. The van der Waals surface area contributed by atoms with Crippen molar-refractivity contribution in [1.29, 1.82) is 0 Å². The number of rotatable bonds is 20. The van der Waals surface area contributed by atoms with Crippen molar-refractivity contribution in [3.63, 3.8) is 0 Å². The number of ether oxygens (including phenoxy) is 6. The average Bonchev–Trinajstić information content (AvgIpc) is 4.14. The first-order valence-corrected chi connectivity index (χ1v) is 25.6. The van der Waals surface area contributed by atoms with Crippen LogP contribution in [0.1, 0.15) is 62.5 Å². The van der Waals surface area contributed by atoms with Gasteiger partial charge in [0.1, 0.15) is 23.0 Å². The molecule has 2 aliphatic heterocycles. The summed E-state index contributed by atoms with van der Waals surface area (Å²) in [6, 6.07) is 27.6. The molecule has 370 valence electrons. The van der Waals surface area contributed by atoms with Crippen LogP contribution in [0, 0.1) is 11.8 Å². The van der Waals surface area contributed by atoms with E-state index in [-0.39, 0.29) is 0 Å². The van der Waals surface area contributed by atoms with Crippen molar-refractivity contribution in [3.8, 4) is 23.0 Å². The standard InChI is InChI=1S/C58H60N6O8/c65-57(71-53(69-49-9-1-5-45-41(49)17-25-59-45)23-31-63-27-19-39(20-28-63)43-33-61-47-7-3-11-51(55(43)47)67-35-37-13-14-37)58(66)72-54(70-50-10-2-6-46-42(50)18-26-60-46)24-32-64-29-21-40(22-30-64)44-34-62-48-8-4-12-52(56(44)48)68-36-38-15-16-38/h1-12,17-19,21,25-26,33-34,37-38,53-54,59-62H,13-16,20,22-24,27-32,35-36H2. The van der Waals surface area contributed by atoms with Crippen LogP contribution in [0.5, 0.6) is 23.0 Å². The van der Waals surface area contributed by atoms with Crippen LogP contribution in [0.2, 0.25) is 0 Å². The Morgan fingerprint density at radius 1 is 0.528 bits per heavy atom. The lowest BCUT2D eigenvalue weighted by atomic mass is 9.98. The third kappa shape index (κ3) is 10.2. The average molecular weight is 969 g/mol. The topological polar surface area (TPSA) is 159 Å². The van der Waals surface area contributed by atoms with Gasteiger partial charge < -0.3 is 48.4 Å². The second-order valence-corrected chi connectivity index (χ2v) is 19.7. The van der Waals surface area contributed by atoms with Crippen LogP contribution >= 0.6 is 0 Å². The predicted octanol–water partition coefficient (Wildman–Crippen LogP) is 10.7. The molecule has 2 aliphatic carbocycles. The number of carbonyl (C=O) groups is 2. The Hall–Kier alpha value is -7.42. The molecule has 8 aromatic rings. The lowest BCUT2D eigenvalue weighted by molar-refractivity contribution is -0.191. The molecule has 2 saturated carbocycles. The van der Waals surface area contributed by atoms with Crippen molar-refractivity contribution in [2.45, 2.75) is 63.9 Å². The number of aromatic amines is 4. The Kier molecular flexibility index (Phi) is 12.9. The molecule has 4 N–H and O–H groups in total. The summed E-state index contributed by atoms with van der Waals surface area (Å²) in [6.07, 6.45) is 17.4. The molecule has 4 aromatic heterocycles. The summed E-state index contributed by atoms with van der Waals surface area (Å²) < 4.78 is 37.4. The van der Waals surface area contributed by atoms with E-state index >= 15 is 0 Å². The molecule has 0 amide bonds. The van der Waals surface area contributed by atoms with Gasteiger partial charge >= 0.3 is 11.9 Å². The molecule has 2 atom stereocenters. The van der Waals surface area contributed by atoms with Gasteiger partial charge in [0.2, 0.25) is 12.6 Å². The molecule has 2 fully saturated rings. The van der Waals surface area contributed by atoms with Gasteiger partial charge in [-0.1, -0.05) is 36.4 Å². The summed E-state index contributed by atoms with van der Waals surface area (Å²) in [5.41, 5.74) is 8.75. The van der Waals surface area contributed by atoms with Crippen LogP contribution in [-0.4, -0.2) is 107 Å². The van der Waals surface area contributed by atoms with Gasteiger partial charge in [-0.3, -0.25) is 9.80 Å². The largest absolute Gasteiger partial charge is 0.493 e. The highest BCUT2D eigenvalue weighted by Gasteiger charge is 2.31. The molecular formula is C58H60N6O8. The number of nitrogens with zero attached hydrogens (tertiary/aromatic N) is 2. The van der Waals surface area contributed by atoms with E-state index in [4.69, 9.17) is 28.4 Å². The van der Waals surface area contributed by atoms with E-state index in [1.54, 1.807) is 0 Å².